The zero-order chi connectivity index (χ0) is 17.7. The topological polar surface area (TPSA) is 57.2 Å². The highest BCUT2D eigenvalue weighted by molar-refractivity contribution is 6.24. The normalized spacial score (nSPS) is 17.0. The van der Waals surface area contributed by atoms with Crippen molar-refractivity contribution in [1.29, 1.82) is 0 Å². The molecule has 0 saturated heterocycles. The Bertz CT molecular complexity index is 600. The third-order valence-electron chi connectivity index (χ3n) is 3.41. The molecule has 1 unspecified atom stereocenters. The van der Waals surface area contributed by atoms with Gasteiger partial charge in [0.15, 0.2) is 0 Å². The van der Waals surface area contributed by atoms with Gasteiger partial charge < -0.3 is 23.8 Å². The number of hydrogen-bond donors (Lipinski definition) is 0. The van der Waals surface area contributed by atoms with Crippen molar-refractivity contribution in [3.05, 3.63) is 29.6 Å². The second-order valence-corrected chi connectivity index (χ2v) is 5.40. The molecule has 1 aromatic carbocycles. The molecular formula is C18H25NO5. The molecule has 0 aliphatic carbocycles. The van der Waals surface area contributed by atoms with Crippen molar-refractivity contribution in [3.8, 4) is 11.5 Å². The van der Waals surface area contributed by atoms with E-state index in [4.69, 9.17) is 18.9 Å². The van der Waals surface area contributed by atoms with Gasteiger partial charge in [0.25, 0.3) is 6.29 Å². The lowest BCUT2D eigenvalue weighted by molar-refractivity contribution is -0.150. The van der Waals surface area contributed by atoms with Gasteiger partial charge in [-0.05, 0) is 38.5 Å². The Morgan fingerprint density at radius 2 is 1.58 bits per heavy atom. The van der Waals surface area contributed by atoms with Crippen LogP contribution in [0, 0.1) is 0 Å². The number of rotatable bonds is 8. The Kier molecular flexibility index (Phi) is 6.09. The van der Waals surface area contributed by atoms with Crippen LogP contribution in [0.5, 0.6) is 11.5 Å². The summed E-state index contributed by atoms with van der Waals surface area (Å²) < 4.78 is 22.3. The van der Waals surface area contributed by atoms with Crippen LogP contribution in [-0.4, -0.2) is 50.9 Å². The molecule has 0 radical (unpaired) electrons. The van der Waals surface area contributed by atoms with Crippen LogP contribution in [0.2, 0.25) is 0 Å². The summed E-state index contributed by atoms with van der Waals surface area (Å²) in [6, 6.07) is 5.45. The first-order valence-corrected chi connectivity index (χ1v) is 8.16. The molecule has 0 bridgehead atoms. The van der Waals surface area contributed by atoms with Gasteiger partial charge in [-0.3, -0.25) is 4.79 Å². The average molecular weight is 335 g/mol. The van der Waals surface area contributed by atoms with Crippen molar-refractivity contribution in [2.45, 2.75) is 27.1 Å². The van der Waals surface area contributed by atoms with Crippen LogP contribution in [0.25, 0.3) is 5.57 Å². The van der Waals surface area contributed by atoms with Crippen LogP contribution in [0.1, 0.15) is 26.3 Å². The number of hydrogen-bond acceptors (Lipinski definition) is 6. The quantitative estimate of drug-likeness (QED) is 0.728. The van der Waals surface area contributed by atoms with E-state index in [1.165, 1.54) is 0 Å². The van der Waals surface area contributed by atoms with Crippen LogP contribution >= 0.6 is 0 Å². The number of ether oxygens (including phenoxy) is 4. The van der Waals surface area contributed by atoms with Crippen molar-refractivity contribution in [2.24, 2.45) is 0 Å². The van der Waals surface area contributed by atoms with E-state index >= 15 is 0 Å². The summed E-state index contributed by atoms with van der Waals surface area (Å²) in [6.45, 7) is 7.10. The second-order valence-electron chi connectivity index (χ2n) is 5.40. The number of benzene rings is 1. The number of ketones is 1. The summed E-state index contributed by atoms with van der Waals surface area (Å²) in [5, 5.41) is 0. The molecule has 1 aromatic rings. The molecule has 1 aliphatic heterocycles. The lowest BCUT2D eigenvalue weighted by Gasteiger charge is -2.17. The zero-order valence-corrected chi connectivity index (χ0v) is 14.9. The van der Waals surface area contributed by atoms with Crippen molar-refractivity contribution in [1.82, 2.24) is 4.90 Å². The van der Waals surface area contributed by atoms with E-state index in [2.05, 4.69) is 0 Å². The van der Waals surface area contributed by atoms with Crippen LogP contribution in [-0.2, 0) is 14.3 Å². The highest BCUT2D eigenvalue weighted by atomic mass is 16.7. The maximum absolute atomic E-state index is 12.7. The van der Waals surface area contributed by atoms with Crippen LogP contribution in [0.4, 0.5) is 0 Å². The molecule has 0 saturated carbocycles. The predicted octanol–water partition coefficient (Wildman–Crippen LogP) is 2.68. The summed E-state index contributed by atoms with van der Waals surface area (Å²) in [7, 11) is 3.65. The fraction of sp³-hybridized carbons (Fsp3) is 0.500. The first-order valence-electron chi connectivity index (χ1n) is 8.16. The molecule has 0 aromatic heterocycles. The number of nitrogens with zero attached hydrogens (tertiary/aromatic N) is 1. The third kappa shape index (κ3) is 3.82. The Balaban J connectivity index is 2.49. The van der Waals surface area contributed by atoms with Gasteiger partial charge in [-0.25, -0.2) is 0 Å². The molecule has 1 heterocycles. The second kappa shape index (κ2) is 8.06. The molecule has 0 amide bonds. The minimum atomic E-state index is -0.909. The largest absolute Gasteiger partial charge is 0.494 e. The number of carbonyl (C=O) groups is 1. The van der Waals surface area contributed by atoms with Crippen molar-refractivity contribution in [2.75, 3.05) is 33.9 Å². The Morgan fingerprint density at radius 3 is 2.04 bits per heavy atom. The Labute approximate surface area is 142 Å². The van der Waals surface area contributed by atoms with Crippen LogP contribution < -0.4 is 9.47 Å². The fourth-order valence-corrected chi connectivity index (χ4v) is 2.51. The van der Waals surface area contributed by atoms with Gasteiger partial charge in [-0.2, -0.15) is 0 Å². The number of carbonyl (C=O) groups excluding carboxylic acids is 1. The van der Waals surface area contributed by atoms with E-state index in [9.17, 15) is 4.79 Å². The van der Waals surface area contributed by atoms with E-state index in [0.717, 1.165) is 0 Å². The summed E-state index contributed by atoms with van der Waals surface area (Å²) in [6.07, 6.45) is -0.909. The maximum Gasteiger partial charge on any atom is 0.266 e. The predicted molar refractivity (Wildman–Crippen MR) is 90.9 cm³/mol. The number of Topliss-reactive ketones (excluding diaryl/α,β-unsaturated/α-hetero) is 1. The minimum Gasteiger partial charge on any atom is -0.494 e. The van der Waals surface area contributed by atoms with Crippen LogP contribution in [0.3, 0.4) is 0 Å². The monoisotopic (exact) mass is 335 g/mol. The summed E-state index contributed by atoms with van der Waals surface area (Å²) >= 11 is 0. The van der Waals surface area contributed by atoms with Crippen LogP contribution in [0.15, 0.2) is 24.1 Å². The van der Waals surface area contributed by atoms with E-state index < -0.39 is 6.29 Å². The molecule has 1 aliphatic rings. The molecule has 0 N–H and O–H groups in total. The lowest BCUT2D eigenvalue weighted by atomic mass is 10.0. The standard InChI is InChI=1S/C18H25NO5/c1-6-21-13-9-12(10-14(11-13)22-7-2)15-16(20)18(23-8-3)24-17(15)19(4)5/h9-11,18H,6-8H2,1-5H3. The summed E-state index contributed by atoms with van der Waals surface area (Å²) in [5.41, 5.74) is 1.17. The molecule has 24 heavy (non-hydrogen) atoms. The Morgan fingerprint density at radius 1 is 1.00 bits per heavy atom. The highest BCUT2D eigenvalue weighted by Gasteiger charge is 2.38. The average Bonchev–Trinajstić information content (AvgIpc) is 2.85. The fourth-order valence-electron chi connectivity index (χ4n) is 2.51. The molecule has 1 atom stereocenters. The van der Waals surface area contributed by atoms with Gasteiger partial charge in [0.1, 0.15) is 11.5 Å². The van der Waals surface area contributed by atoms with Gasteiger partial charge in [-0.1, -0.05) is 0 Å². The SMILES string of the molecule is CCOc1cc(OCC)cc(C2=C(N(C)C)OC(OCC)C2=O)c1. The van der Waals surface area contributed by atoms with Crippen molar-refractivity contribution >= 4 is 11.4 Å². The van der Waals surface area contributed by atoms with E-state index in [-0.39, 0.29) is 5.78 Å². The zero-order valence-electron chi connectivity index (χ0n) is 14.9. The lowest BCUT2D eigenvalue weighted by Crippen LogP contribution is -2.22. The smallest absolute Gasteiger partial charge is 0.266 e. The van der Waals surface area contributed by atoms with Crippen molar-refractivity contribution < 1.29 is 23.7 Å². The molecule has 0 spiro atoms. The minimum absolute atomic E-state index is 0.198. The first kappa shape index (κ1) is 18.1. The molecule has 6 nitrogen and oxygen atoms in total. The van der Waals surface area contributed by atoms with Gasteiger partial charge in [0.05, 0.1) is 18.8 Å². The molecule has 6 heteroatoms. The van der Waals surface area contributed by atoms with Gasteiger partial charge in [0.2, 0.25) is 11.7 Å². The molecule has 0 fully saturated rings. The van der Waals surface area contributed by atoms with Crippen molar-refractivity contribution in [3.63, 3.8) is 0 Å². The van der Waals surface area contributed by atoms with E-state index in [1.807, 2.05) is 53.1 Å². The molecular weight excluding hydrogens is 310 g/mol. The van der Waals surface area contributed by atoms with E-state index in [1.54, 1.807) is 4.90 Å². The summed E-state index contributed by atoms with van der Waals surface area (Å²) in [5.74, 6) is 1.58. The first-order chi connectivity index (χ1) is 11.5. The third-order valence-corrected chi connectivity index (χ3v) is 3.41. The molecule has 132 valence electrons. The maximum atomic E-state index is 12.7. The molecule has 2 rings (SSSR count). The van der Waals surface area contributed by atoms with Gasteiger partial charge >= 0.3 is 0 Å². The Hall–Kier alpha value is -2.21. The highest BCUT2D eigenvalue weighted by Crippen LogP contribution is 2.35. The summed E-state index contributed by atoms with van der Waals surface area (Å²) in [4.78, 5) is 14.5. The van der Waals surface area contributed by atoms with Gasteiger partial charge in [0, 0.05) is 26.8 Å². The van der Waals surface area contributed by atoms with Gasteiger partial charge in [-0.15, -0.1) is 0 Å². The van der Waals surface area contributed by atoms with E-state index in [0.29, 0.717) is 48.3 Å².